The molecule has 0 aromatic heterocycles. The van der Waals surface area contributed by atoms with Crippen molar-refractivity contribution in [3.8, 4) is 0 Å². The Morgan fingerprint density at radius 1 is 1.22 bits per heavy atom. The smallest absolute Gasteiger partial charge is 0.220 e. The molecule has 3 nitrogen and oxygen atoms in total. The van der Waals surface area contributed by atoms with Crippen LogP contribution in [-0.4, -0.2) is 25.0 Å². The summed E-state index contributed by atoms with van der Waals surface area (Å²) in [6.07, 6.45) is 5.03. The number of hydrogen-bond acceptors (Lipinski definition) is 2. The highest BCUT2D eigenvalue weighted by Gasteiger charge is 2.15. The van der Waals surface area contributed by atoms with Crippen molar-refractivity contribution in [2.75, 3.05) is 13.1 Å². The number of halogens is 1. The van der Waals surface area contributed by atoms with E-state index in [2.05, 4.69) is 49.6 Å². The molecule has 0 aliphatic carbocycles. The Morgan fingerprint density at radius 2 is 1.83 bits per heavy atom. The van der Waals surface area contributed by atoms with Gasteiger partial charge in [0.25, 0.3) is 0 Å². The van der Waals surface area contributed by atoms with Crippen LogP contribution in [0.15, 0.2) is 18.2 Å². The highest BCUT2D eigenvalue weighted by atomic mass is 35.5. The van der Waals surface area contributed by atoms with Gasteiger partial charge < -0.3 is 10.6 Å². The molecule has 1 aliphatic rings. The Kier molecular flexibility index (Phi) is 8.64. The van der Waals surface area contributed by atoms with E-state index < -0.39 is 0 Å². The molecule has 2 N–H and O–H groups in total. The van der Waals surface area contributed by atoms with Crippen LogP contribution in [-0.2, 0) is 11.2 Å². The van der Waals surface area contributed by atoms with Gasteiger partial charge in [0, 0.05) is 12.5 Å². The Hall–Kier alpha value is -1.06. The van der Waals surface area contributed by atoms with Crippen molar-refractivity contribution in [3.63, 3.8) is 0 Å². The highest BCUT2D eigenvalue weighted by molar-refractivity contribution is 5.85. The van der Waals surface area contributed by atoms with Crippen molar-refractivity contribution in [2.24, 2.45) is 5.92 Å². The average Bonchev–Trinajstić information content (AvgIpc) is 2.45. The third kappa shape index (κ3) is 7.36. The van der Waals surface area contributed by atoms with Crippen molar-refractivity contribution in [3.05, 3.63) is 34.9 Å². The molecule has 2 rings (SSSR count). The van der Waals surface area contributed by atoms with Gasteiger partial charge in [-0.15, -0.1) is 12.4 Å². The molecule has 1 aromatic rings. The van der Waals surface area contributed by atoms with Crippen LogP contribution >= 0.6 is 12.4 Å². The van der Waals surface area contributed by atoms with Gasteiger partial charge in [0.05, 0.1) is 0 Å². The van der Waals surface area contributed by atoms with E-state index in [9.17, 15) is 4.79 Å². The monoisotopic (exact) mass is 338 g/mol. The molecule has 0 saturated carbocycles. The first-order valence-electron chi connectivity index (χ1n) is 8.60. The summed E-state index contributed by atoms with van der Waals surface area (Å²) in [7, 11) is 0. The molecule has 1 aliphatic heterocycles. The molecule has 1 saturated heterocycles. The molecular formula is C19H31ClN2O. The van der Waals surface area contributed by atoms with Gasteiger partial charge >= 0.3 is 0 Å². The lowest BCUT2D eigenvalue weighted by Crippen LogP contribution is -2.35. The summed E-state index contributed by atoms with van der Waals surface area (Å²) in [6, 6.07) is 6.81. The zero-order valence-electron chi connectivity index (χ0n) is 14.7. The average molecular weight is 339 g/mol. The van der Waals surface area contributed by atoms with Crippen molar-refractivity contribution in [1.82, 2.24) is 10.6 Å². The lowest BCUT2D eigenvalue weighted by atomic mass is 9.93. The SMILES string of the molecule is Cc1cc(C)cc(CC(C)NC(=O)CCC2CCNCC2)c1.Cl. The van der Waals surface area contributed by atoms with Crippen LogP contribution in [0.1, 0.15) is 49.3 Å². The summed E-state index contributed by atoms with van der Waals surface area (Å²) in [4.78, 5) is 12.1. The minimum absolute atomic E-state index is 0. The minimum Gasteiger partial charge on any atom is -0.353 e. The highest BCUT2D eigenvalue weighted by Crippen LogP contribution is 2.17. The van der Waals surface area contributed by atoms with Crippen LogP contribution in [0.25, 0.3) is 0 Å². The minimum atomic E-state index is 0. The number of rotatable bonds is 6. The molecule has 1 fully saturated rings. The molecule has 4 heteroatoms. The van der Waals surface area contributed by atoms with E-state index in [0.717, 1.165) is 31.8 Å². The maximum absolute atomic E-state index is 12.1. The van der Waals surface area contributed by atoms with Crippen molar-refractivity contribution >= 4 is 18.3 Å². The topological polar surface area (TPSA) is 41.1 Å². The third-order valence-corrected chi connectivity index (χ3v) is 4.47. The summed E-state index contributed by atoms with van der Waals surface area (Å²) in [5.74, 6) is 0.928. The van der Waals surface area contributed by atoms with Crippen LogP contribution in [0.2, 0.25) is 0 Å². The Balaban J connectivity index is 0.00000264. The van der Waals surface area contributed by atoms with Gasteiger partial charge in [-0.1, -0.05) is 29.3 Å². The molecule has 0 spiro atoms. The molecule has 0 bridgehead atoms. The van der Waals surface area contributed by atoms with Crippen molar-refractivity contribution < 1.29 is 4.79 Å². The fraction of sp³-hybridized carbons (Fsp3) is 0.632. The van der Waals surface area contributed by atoms with Gasteiger partial charge in [0.1, 0.15) is 0 Å². The van der Waals surface area contributed by atoms with Crippen LogP contribution < -0.4 is 10.6 Å². The second-order valence-electron chi connectivity index (χ2n) is 6.90. The number of aryl methyl sites for hydroxylation is 2. The molecule has 0 radical (unpaired) electrons. The molecule has 1 aromatic carbocycles. The summed E-state index contributed by atoms with van der Waals surface area (Å²) in [6.45, 7) is 8.56. The maximum atomic E-state index is 12.1. The van der Waals surface area contributed by atoms with E-state index in [1.807, 2.05) is 0 Å². The Labute approximate surface area is 147 Å². The van der Waals surface area contributed by atoms with Gasteiger partial charge in [-0.2, -0.15) is 0 Å². The van der Waals surface area contributed by atoms with Crippen LogP contribution in [0.5, 0.6) is 0 Å². The number of piperidine rings is 1. The molecular weight excluding hydrogens is 308 g/mol. The zero-order valence-corrected chi connectivity index (χ0v) is 15.5. The maximum Gasteiger partial charge on any atom is 0.220 e. The van der Waals surface area contributed by atoms with Gasteiger partial charge in [-0.25, -0.2) is 0 Å². The second-order valence-corrected chi connectivity index (χ2v) is 6.90. The number of amides is 1. The first kappa shape index (κ1) is 20.0. The molecule has 1 unspecified atom stereocenters. The van der Waals surface area contributed by atoms with Crippen LogP contribution in [0.3, 0.4) is 0 Å². The first-order valence-corrected chi connectivity index (χ1v) is 8.60. The normalized spacial score (nSPS) is 16.5. The lowest BCUT2D eigenvalue weighted by Gasteiger charge is -2.22. The molecule has 130 valence electrons. The van der Waals surface area contributed by atoms with Gasteiger partial charge in [-0.3, -0.25) is 4.79 Å². The standard InChI is InChI=1S/C19H30N2O.ClH/c1-14-10-15(2)12-18(11-14)13-16(3)21-19(22)5-4-17-6-8-20-9-7-17;/h10-12,16-17,20H,4-9,13H2,1-3H3,(H,21,22);1H. The zero-order chi connectivity index (χ0) is 15.9. The van der Waals surface area contributed by atoms with Gasteiger partial charge in [0.2, 0.25) is 5.91 Å². The first-order chi connectivity index (χ1) is 10.5. The molecule has 1 heterocycles. The summed E-state index contributed by atoms with van der Waals surface area (Å²) in [5, 5.41) is 6.52. The van der Waals surface area contributed by atoms with E-state index in [0.29, 0.717) is 6.42 Å². The van der Waals surface area contributed by atoms with E-state index in [1.165, 1.54) is 29.5 Å². The van der Waals surface area contributed by atoms with E-state index in [1.54, 1.807) is 0 Å². The number of carbonyl (C=O) groups excluding carboxylic acids is 1. The summed E-state index contributed by atoms with van der Waals surface area (Å²) in [5.41, 5.74) is 3.89. The number of benzene rings is 1. The fourth-order valence-corrected chi connectivity index (χ4v) is 3.44. The van der Waals surface area contributed by atoms with Crippen LogP contribution in [0.4, 0.5) is 0 Å². The van der Waals surface area contributed by atoms with Crippen molar-refractivity contribution in [2.45, 2.75) is 58.9 Å². The van der Waals surface area contributed by atoms with E-state index in [4.69, 9.17) is 0 Å². The Morgan fingerprint density at radius 3 is 2.43 bits per heavy atom. The predicted molar refractivity (Wildman–Crippen MR) is 99.3 cm³/mol. The Bertz CT molecular complexity index is 478. The summed E-state index contributed by atoms with van der Waals surface area (Å²) >= 11 is 0. The molecule has 1 atom stereocenters. The van der Waals surface area contributed by atoms with Crippen molar-refractivity contribution in [1.29, 1.82) is 0 Å². The molecule has 23 heavy (non-hydrogen) atoms. The molecule has 1 amide bonds. The van der Waals surface area contributed by atoms with Gasteiger partial charge in [-0.05, 0) is 71.0 Å². The van der Waals surface area contributed by atoms with E-state index in [-0.39, 0.29) is 24.4 Å². The van der Waals surface area contributed by atoms with Crippen LogP contribution in [0, 0.1) is 19.8 Å². The fourth-order valence-electron chi connectivity index (χ4n) is 3.44. The quantitative estimate of drug-likeness (QED) is 0.832. The largest absolute Gasteiger partial charge is 0.353 e. The van der Waals surface area contributed by atoms with E-state index >= 15 is 0 Å². The number of nitrogens with one attached hydrogen (secondary N) is 2. The predicted octanol–water partition coefficient (Wildman–Crippen LogP) is 3.55. The number of carbonyl (C=O) groups is 1. The van der Waals surface area contributed by atoms with Gasteiger partial charge in [0.15, 0.2) is 0 Å². The summed E-state index contributed by atoms with van der Waals surface area (Å²) < 4.78 is 0. The lowest BCUT2D eigenvalue weighted by molar-refractivity contribution is -0.122. The third-order valence-electron chi connectivity index (χ3n) is 4.47. The second kappa shape index (κ2) is 9.94. The number of hydrogen-bond donors (Lipinski definition) is 2.